The molecule has 3 aromatic carbocycles. The molecule has 0 aromatic heterocycles. The van der Waals surface area contributed by atoms with Gasteiger partial charge in [-0.25, -0.2) is 0 Å². The van der Waals surface area contributed by atoms with Crippen molar-refractivity contribution in [3.05, 3.63) is 108 Å². The summed E-state index contributed by atoms with van der Waals surface area (Å²) < 4.78 is 0. The molecule has 2 aliphatic rings. The number of hydrogen-bond acceptors (Lipinski definition) is 2. The summed E-state index contributed by atoms with van der Waals surface area (Å²) in [5.41, 5.74) is 10.6. The van der Waals surface area contributed by atoms with E-state index in [9.17, 15) is 0 Å². The van der Waals surface area contributed by atoms with E-state index in [0.717, 1.165) is 13.1 Å². The lowest BCUT2D eigenvalue weighted by molar-refractivity contribution is 0.378. The quantitative estimate of drug-likeness (QED) is 0.713. The van der Waals surface area contributed by atoms with Crippen LogP contribution in [0.15, 0.2) is 91.0 Å². The van der Waals surface area contributed by atoms with Gasteiger partial charge in [0.2, 0.25) is 0 Å². The first-order chi connectivity index (χ1) is 12.8. The summed E-state index contributed by atoms with van der Waals surface area (Å²) in [4.78, 5) is 0. The molecule has 0 bridgehead atoms. The van der Waals surface area contributed by atoms with E-state index in [1.165, 1.54) is 16.7 Å². The molecule has 1 heterocycles. The summed E-state index contributed by atoms with van der Waals surface area (Å²) in [5.74, 6) is 1.01. The zero-order chi connectivity index (χ0) is 17.6. The van der Waals surface area contributed by atoms with Crippen molar-refractivity contribution in [1.29, 1.82) is 0 Å². The standard InChI is InChI=1S/C24H24N2/c25-24(21-16-26-17-22(21)24)23(18-10-4-1-5-11-18,19-12-6-2-7-13-19)20-14-8-3-9-15-20/h1-15,21-22,26H,16-17,25H2. The topological polar surface area (TPSA) is 38.0 Å². The van der Waals surface area contributed by atoms with Crippen molar-refractivity contribution in [2.45, 2.75) is 11.0 Å². The fourth-order valence-corrected chi connectivity index (χ4v) is 5.45. The van der Waals surface area contributed by atoms with Crippen LogP contribution in [-0.2, 0) is 5.41 Å². The molecule has 0 radical (unpaired) electrons. The average Bonchev–Trinajstić information content (AvgIpc) is 3.07. The molecule has 0 spiro atoms. The van der Waals surface area contributed by atoms with Crippen molar-refractivity contribution in [2.75, 3.05) is 13.1 Å². The Morgan fingerprint density at radius 1 is 0.654 bits per heavy atom. The average molecular weight is 340 g/mol. The Balaban J connectivity index is 1.85. The molecule has 2 heteroatoms. The third-order valence-corrected chi connectivity index (χ3v) is 6.60. The highest BCUT2D eigenvalue weighted by Crippen LogP contribution is 2.65. The molecule has 2 atom stereocenters. The molecular weight excluding hydrogens is 316 g/mol. The number of nitrogens with two attached hydrogens (primary N) is 1. The Bertz CT molecular complexity index is 783. The van der Waals surface area contributed by atoms with Crippen LogP contribution in [-0.4, -0.2) is 18.6 Å². The first-order valence-electron chi connectivity index (χ1n) is 9.46. The van der Waals surface area contributed by atoms with Crippen molar-refractivity contribution in [3.8, 4) is 0 Å². The zero-order valence-electron chi connectivity index (χ0n) is 14.8. The van der Waals surface area contributed by atoms with Gasteiger partial charge in [0.15, 0.2) is 0 Å². The lowest BCUT2D eigenvalue weighted by atomic mass is 9.61. The zero-order valence-corrected chi connectivity index (χ0v) is 14.8. The van der Waals surface area contributed by atoms with Crippen LogP contribution in [0, 0.1) is 11.8 Å². The fourth-order valence-electron chi connectivity index (χ4n) is 5.45. The second-order valence-electron chi connectivity index (χ2n) is 7.65. The van der Waals surface area contributed by atoms with Gasteiger partial charge in [0.05, 0.1) is 5.41 Å². The third-order valence-electron chi connectivity index (χ3n) is 6.60. The second-order valence-corrected chi connectivity index (χ2v) is 7.65. The predicted molar refractivity (Wildman–Crippen MR) is 106 cm³/mol. The van der Waals surface area contributed by atoms with Crippen LogP contribution in [0.4, 0.5) is 0 Å². The van der Waals surface area contributed by atoms with Gasteiger partial charge in [-0.1, -0.05) is 91.0 Å². The maximum Gasteiger partial charge on any atom is 0.0637 e. The van der Waals surface area contributed by atoms with Crippen LogP contribution in [0.2, 0.25) is 0 Å². The fraction of sp³-hybridized carbons (Fsp3) is 0.250. The second kappa shape index (κ2) is 5.80. The van der Waals surface area contributed by atoms with E-state index in [1.54, 1.807) is 0 Å². The summed E-state index contributed by atoms with van der Waals surface area (Å²) in [6, 6.07) is 32.5. The van der Waals surface area contributed by atoms with E-state index in [2.05, 4.69) is 96.3 Å². The van der Waals surface area contributed by atoms with Crippen LogP contribution in [0.3, 0.4) is 0 Å². The number of rotatable bonds is 4. The van der Waals surface area contributed by atoms with Crippen molar-refractivity contribution in [2.24, 2.45) is 17.6 Å². The Labute approximate surface area is 155 Å². The predicted octanol–water partition coefficient (Wildman–Crippen LogP) is 3.57. The lowest BCUT2D eigenvalue weighted by Gasteiger charge is -2.44. The highest BCUT2D eigenvalue weighted by atomic mass is 15.1. The van der Waals surface area contributed by atoms with Gasteiger partial charge >= 0.3 is 0 Å². The number of fused-ring (bicyclic) bond motifs is 1. The highest BCUT2D eigenvalue weighted by molar-refractivity contribution is 5.59. The van der Waals surface area contributed by atoms with E-state index in [1.807, 2.05) is 0 Å². The van der Waals surface area contributed by atoms with E-state index in [0.29, 0.717) is 11.8 Å². The smallest absolute Gasteiger partial charge is 0.0637 e. The van der Waals surface area contributed by atoms with E-state index >= 15 is 0 Å². The van der Waals surface area contributed by atoms with Crippen molar-refractivity contribution >= 4 is 0 Å². The van der Waals surface area contributed by atoms with Crippen LogP contribution in [0.25, 0.3) is 0 Å². The normalized spacial score (nSPS) is 27.1. The van der Waals surface area contributed by atoms with Crippen LogP contribution in [0.1, 0.15) is 16.7 Å². The molecule has 2 fully saturated rings. The molecule has 0 amide bonds. The van der Waals surface area contributed by atoms with Crippen LogP contribution < -0.4 is 11.1 Å². The van der Waals surface area contributed by atoms with Gasteiger partial charge in [0.25, 0.3) is 0 Å². The summed E-state index contributed by atoms with van der Waals surface area (Å²) in [6.45, 7) is 2.02. The monoisotopic (exact) mass is 340 g/mol. The largest absolute Gasteiger partial charge is 0.323 e. The first-order valence-corrected chi connectivity index (χ1v) is 9.46. The molecule has 130 valence electrons. The van der Waals surface area contributed by atoms with Gasteiger partial charge in [-0.3, -0.25) is 0 Å². The van der Waals surface area contributed by atoms with E-state index in [-0.39, 0.29) is 11.0 Å². The molecular formula is C24H24N2. The van der Waals surface area contributed by atoms with Gasteiger partial charge in [-0.2, -0.15) is 0 Å². The Hall–Kier alpha value is -2.42. The number of hydrogen-bond donors (Lipinski definition) is 2. The molecule has 1 aliphatic carbocycles. The van der Waals surface area contributed by atoms with Crippen molar-refractivity contribution in [1.82, 2.24) is 5.32 Å². The molecule has 1 saturated carbocycles. The van der Waals surface area contributed by atoms with Crippen molar-refractivity contribution in [3.63, 3.8) is 0 Å². The SMILES string of the molecule is NC1(C(c2ccccc2)(c2ccccc2)c2ccccc2)C2CNCC21. The minimum atomic E-state index is -0.339. The van der Waals surface area contributed by atoms with Gasteiger partial charge < -0.3 is 11.1 Å². The summed E-state index contributed by atoms with van der Waals surface area (Å²) in [5, 5.41) is 3.52. The van der Waals surface area contributed by atoms with Gasteiger partial charge in [0.1, 0.15) is 0 Å². The van der Waals surface area contributed by atoms with Crippen LogP contribution >= 0.6 is 0 Å². The lowest BCUT2D eigenvalue weighted by Crippen LogP contribution is -2.55. The summed E-state index contributed by atoms with van der Waals surface area (Å²) in [7, 11) is 0. The Morgan fingerprint density at radius 2 is 1.00 bits per heavy atom. The molecule has 3 N–H and O–H groups in total. The third kappa shape index (κ3) is 1.94. The van der Waals surface area contributed by atoms with Crippen LogP contribution in [0.5, 0.6) is 0 Å². The molecule has 2 unspecified atom stereocenters. The molecule has 1 aliphatic heterocycles. The van der Waals surface area contributed by atoms with E-state index < -0.39 is 0 Å². The molecule has 26 heavy (non-hydrogen) atoms. The number of benzene rings is 3. The minimum Gasteiger partial charge on any atom is -0.323 e. The van der Waals surface area contributed by atoms with Gasteiger partial charge in [0, 0.05) is 18.6 Å². The number of piperidine rings is 1. The van der Waals surface area contributed by atoms with Gasteiger partial charge in [-0.15, -0.1) is 0 Å². The van der Waals surface area contributed by atoms with E-state index in [4.69, 9.17) is 5.73 Å². The first kappa shape index (κ1) is 15.8. The molecule has 5 rings (SSSR count). The molecule has 3 aromatic rings. The van der Waals surface area contributed by atoms with Crippen molar-refractivity contribution < 1.29 is 0 Å². The Morgan fingerprint density at radius 3 is 1.35 bits per heavy atom. The van der Waals surface area contributed by atoms with Gasteiger partial charge in [-0.05, 0) is 28.5 Å². The summed E-state index contributed by atoms with van der Waals surface area (Å²) >= 11 is 0. The number of nitrogens with one attached hydrogen (secondary N) is 1. The minimum absolute atomic E-state index is 0.275. The maximum absolute atomic E-state index is 7.33. The molecule has 2 nitrogen and oxygen atoms in total. The summed E-state index contributed by atoms with van der Waals surface area (Å²) in [6.07, 6.45) is 0. The highest BCUT2D eigenvalue weighted by Gasteiger charge is 2.74. The molecule has 1 saturated heterocycles. The Kier molecular flexibility index (Phi) is 3.53. The maximum atomic E-state index is 7.33.